The van der Waals surface area contributed by atoms with Crippen LogP contribution < -0.4 is 11.1 Å². The summed E-state index contributed by atoms with van der Waals surface area (Å²) in [5.74, 6) is 0.336. The topological polar surface area (TPSA) is 50.9 Å². The Bertz CT molecular complexity index is 503. The summed E-state index contributed by atoms with van der Waals surface area (Å²) in [5, 5.41) is 3.09. The van der Waals surface area contributed by atoms with Gasteiger partial charge in [0.25, 0.3) is 0 Å². The van der Waals surface area contributed by atoms with E-state index >= 15 is 0 Å². The number of rotatable bonds is 2. The summed E-state index contributed by atoms with van der Waals surface area (Å²) >= 11 is 0. The van der Waals surface area contributed by atoms with Gasteiger partial charge < -0.3 is 11.1 Å². The Balaban J connectivity index is 2.31. The van der Waals surface area contributed by atoms with Gasteiger partial charge in [-0.25, -0.2) is 9.37 Å². The lowest BCUT2D eigenvalue weighted by molar-refractivity contribution is 0.627. The molecule has 2 aromatic rings. The van der Waals surface area contributed by atoms with Crippen molar-refractivity contribution in [3.05, 3.63) is 47.4 Å². The lowest BCUT2D eigenvalue weighted by Gasteiger charge is -2.11. The summed E-state index contributed by atoms with van der Waals surface area (Å²) in [6.07, 6.45) is 1.73. The van der Waals surface area contributed by atoms with Gasteiger partial charge in [-0.3, -0.25) is 0 Å². The first-order valence-electron chi connectivity index (χ1n) is 5.31. The van der Waals surface area contributed by atoms with Crippen LogP contribution in [0.25, 0.3) is 0 Å². The molecule has 0 unspecified atom stereocenters. The molecule has 3 nitrogen and oxygen atoms in total. The largest absolute Gasteiger partial charge is 0.396 e. The number of nitrogen functional groups attached to an aromatic ring is 1. The van der Waals surface area contributed by atoms with Crippen LogP contribution in [0.5, 0.6) is 0 Å². The van der Waals surface area contributed by atoms with Crippen molar-refractivity contribution in [2.45, 2.75) is 13.8 Å². The molecular weight excluding hydrogens is 217 g/mol. The zero-order valence-electron chi connectivity index (χ0n) is 9.79. The molecule has 1 heterocycles. The third-order valence-electron chi connectivity index (χ3n) is 2.50. The molecular formula is C13H14FN3. The quantitative estimate of drug-likeness (QED) is 0.834. The van der Waals surface area contributed by atoms with E-state index in [1.54, 1.807) is 12.3 Å². The highest BCUT2D eigenvalue weighted by Crippen LogP contribution is 2.24. The van der Waals surface area contributed by atoms with Gasteiger partial charge in [-0.05, 0) is 49.2 Å². The first-order chi connectivity index (χ1) is 8.06. The second-order valence-electron chi connectivity index (χ2n) is 4.03. The zero-order valence-corrected chi connectivity index (χ0v) is 9.79. The fourth-order valence-electron chi connectivity index (χ4n) is 1.59. The first-order valence-corrected chi connectivity index (χ1v) is 5.31. The van der Waals surface area contributed by atoms with Crippen molar-refractivity contribution in [3.8, 4) is 0 Å². The van der Waals surface area contributed by atoms with E-state index in [-0.39, 0.29) is 5.82 Å². The lowest BCUT2D eigenvalue weighted by Crippen LogP contribution is -2.01. The number of nitrogens with one attached hydrogen (secondary N) is 1. The van der Waals surface area contributed by atoms with Crippen LogP contribution in [0, 0.1) is 19.7 Å². The predicted octanol–water partition coefficient (Wildman–Crippen LogP) is 3.16. The van der Waals surface area contributed by atoms with Crippen LogP contribution in [0.15, 0.2) is 30.5 Å². The van der Waals surface area contributed by atoms with Gasteiger partial charge in [-0.2, -0.15) is 0 Å². The highest BCUT2D eigenvalue weighted by atomic mass is 19.1. The molecule has 3 N–H and O–H groups in total. The number of benzene rings is 1. The number of nitrogens with two attached hydrogens (primary N) is 1. The van der Waals surface area contributed by atoms with Gasteiger partial charge in [-0.1, -0.05) is 0 Å². The minimum Gasteiger partial charge on any atom is -0.396 e. The number of aromatic nitrogens is 1. The molecule has 2 rings (SSSR count). The van der Waals surface area contributed by atoms with Crippen molar-refractivity contribution in [3.63, 3.8) is 0 Å². The number of halogens is 1. The molecule has 88 valence electrons. The van der Waals surface area contributed by atoms with Crippen LogP contribution in [0.3, 0.4) is 0 Å². The van der Waals surface area contributed by atoms with E-state index in [1.807, 2.05) is 19.9 Å². The predicted molar refractivity (Wildman–Crippen MR) is 67.8 cm³/mol. The molecule has 0 amide bonds. The molecule has 0 atom stereocenters. The number of hydrogen-bond donors (Lipinski definition) is 2. The average molecular weight is 231 g/mol. The fourth-order valence-corrected chi connectivity index (χ4v) is 1.59. The maximum absolute atomic E-state index is 13.0. The van der Waals surface area contributed by atoms with Crippen LogP contribution in [0.2, 0.25) is 0 Å². The molecule has 17 heavy (non-hydrogen) atoms. The molecule has 1 aromatic carbocycles. The smallest absolute Gasteiger partial charge is 0.153 e. The minimum atomic E-state index is -0.252. The molecule has 1 aromatic heterocycles. The summed E-state index contributed by atoms with van der Waals surface area (Å²) in [6, 6.07) is 6.38. The summed E-state index contributed by atoms with van der Waals surface area (Å²) in [5.41, 5.74) is 9.04. The van der Waals surface area contributed by atoms with E-state index < -0.39 is 0 Å². The van der Waals surface area contributed by atoms with E-state index in [2.05, 4.69) is 10.3 Å². The Morgan fingerprint density at radius 1 is 1.24 bits per heavy atom. The fraction of sp³-hybridized carbons (Fsp3) is 0.154. The summed E-state index contributed by atoms with van der Waals surface area (Å²) in [7, 11) is 0. The second kappa shape index (κ2) is 4.41. The van der Waals surface area contributed by atoms with Crippen LogP contribution in [-0.2, 0) is 0 Å². The van der Waals surface area contributed by atoms with Crippen molar-refractivity contribution in [2.24, 2.45) is 0 Å². The third kappa shape index (κ3) is 2.53. The number of aryl methyl sites for hydroxylation is 2. The molecule has 0 aliphatic carbocycles. The molecule has 0 fully saturated rings. The van der Waals surface area contributed by atoms with Gasteiger partial charge in [0.15, 0.2) is 5.82 Å². The Hall–Kier alpha value is -2.10. The van der Waals surface area contributed by atoms with Gasteiger partial charge in [-0.15, -0.1) is 0 Å². The van der Waals surface area contributed by atoms with Crippen molar-refractivity contribution in [2.75, 3.05) is 11.1 Å². The standard InChI is InChI=1S/C13H14FN3/c1-8-5-11(15)13(16-7-8)17-12-4-3-10(14)6-9(12)2/h3-7H,15H2,1-2H3,(H,16,17). The number of pyridine rings is 1. The SMILES string of the molecule is Cc1cnc(Nc2ccc(F)cc2C)c(N)c1. The van der Waals surface area contributed by atoms with Crippen LogP contribution >= 0.6 is 0 Å². The minimum absolute atomic E-state index is 0.252. The second-order valence-corrected chi connectivity index (χ2v) is 4.03. The van der Waals surface area contributed by atoms with E-state index in [9.17, 15) is 4.39 Å². The summed E-state index contributed by atoms with van der Waals surface area (Å²) in [4.78, 5) is 4.21. The maximum atomic E-state index is 13.0. The highest BCUT2D eigenvalue weighted by molar-refractivity contribution is 5.70. The monoisotopic (exact) mass is 231 g/mol. The molecule has 0 saturated carbocycles. The number of hydrogen-bond acceptors (Lipinski definition) is 3. The van der Waals surface area contributed by atoms with Gasteiger partial charge in [0.05, 0.1) is 5.69 Å². The average Bonchev–Trinajstić information content (AvgIpc) is 2.25. The van der Waals surface area contributed by atoms with Crippen molar-refractivity contribution in [1.82, 2.24) is 4.98 Å². The molecule has 0 aliphatic rings. The zero-order chi connectivity index (χ0) is 12.4. The van der Waals surface area contributed by atoms with Crippen LogP contribution in [0.1, 0.15) is 11.1 Å². The van der Waals surface area contributed by atoms with E-state index in [0.29, 0.717) is 11.5 Å². The Kier molecular flexibility index (Phi) is 2.95. The lowest BCUT2D eigenvalue weighted by atomic mass is 10.2. The molecule has 0 bridgehead atoms. The molecule has 0 spiro atoms. The maximum Gasteiger partial charge on any atom is 0.153 e. The van der Waals surface area contributed by atoms with Gasteiger partial charge in [0.2, 0.25) is 0 Å². The van der Waals surface area contributed by atoms with Crippen molar-refractivity contribution >= 4 is 17.2 Å². The molecule has 0 aliphatic heterocycles. The van der Waals surface area contributed by atoms with Gasteiger partial charge >= 0.3 is 0 Å². The van der Waals surface area contributed by atoms with Crippen LogP contribution in [0.4, 0.5) is 21.6 Å². The van der Waals surface area contributed by atoms with E-state index in [4.69, 9.17) is 5.73 Å². The highest BCUT2D eigenvalue weighted by Gasteiger charge is 2.04. The Morgan fingerprint density at radius 2 is 2.00 bits per heavy atom. The Labute approximate surface area is 99.5 Å². The third-order valence-corrected chi connectivity index (χ3v) is 2.50. The van der Waals surface area contributed by atoms with Gasteiger partial charge in [0.1, 0.15) is 5.82 Å². The molecule has 0 saturated heterocycles. The van der Waals surface area contributed by atoms with Crippen molar-refractivity contribution in [1.29, 1.82) is 0 Å². The van der Waals surface area contributed by atoms with E-state index in [1.165, 1.54) is 12.1 Å². The van der Waals surface area contributed by atoms with E-state index in [0.717, 1.165) is 16.8 Å². The number of nitrogens with zero attached hydrogens (tertiary/aromatic N) is 1. The Morgan fingerprint density at radius 3 is 2.65 bits per heavy atom. The number of anilines is 3. The summed E-state index contributed by atoms with van der Waals surface area (Å²) < 4.78 is 13.0. The first kappa shape index (κ1) is 11.4. The van der Waals surface area contributed by atoms with Crippen molar-refractivity contribution < 1.29 is 4.39 Å². The molecule has 4 heteroatoms. The van der Waals surface area contributed by atoms with Gasteiger partial charge in [0, 0.05) is 11.9 Å². The molecule has 0 radical (unpaired) electrons. The summed E-state index contributed by atoms with van der Waals surface area (Å²) in [6.45, 7) is 3.76. The normalized spacial score (nSPS) is 10.3. The van der Waals surface area contributed by atoms with Crippen LogP contribution in [-0.4, -0.2) is 4.98 Å².